The number of amides is 2. The van der Waals surface area contributed by atoms with Crippen molar-refractivity contribution in [2.75, 3.05) is 19.1 Å². The number of carbonyl (C=O) groups is 1. The lowest BCUT2D eigenvalue weighted by atomic mass is 10.3. The molecule has 0 aliphatic carbocycles. The van der Waals surface area contributed by atoms with Gasteiger partial charge in [-0.3, -0.25) is 10.3 Å². The first-order valence-electron chi connectivity index (χ1n) is 4.07. The molecule has 0 aliphatic rings. The van der Waals surface area contributed by atoms with Gasteiger partial charge in [-0.05, 0) is 24.3 Å². The molecular weight excluding hydrogens is 182 g/mol. The number of rotatable bonds is 2. The zero-order chi connectivity index (χ0) is 10.6. The Labute approximate surface area is 82.4 Å². The van der Waals surface area contributed by atoms with Crippen molar-refractivity contribution < 1.29 is 9.53 Å². The molecule has 0 heterocycles. The van der Waals surface area contributed by atoms with E-state index < -0.39 is 0 Å². The third-order valence-electron chi connectivity index (χ3n) is 1.89. The summed E-state index contributed by atoms with van der Waals surface area (Å²) in [7, 11) is 3.22. The molecule has 0 spiro atoms. The summed E-state index contributed by atoms with van der Waals surface area (Å²) in [6.45, 7) is 0. The van der Waals surface area contributed by atoms with Crippen molar-refractivity contribution in [1.29, 1.82) is 0 Å². The van der Waals surface area contributed by atoms with Crippen LogP contribution in [0, 0.1) is 0 Å². The van der Waals surface area contributed by atoms with Gasteiger partial charge >= 0.3 is 6.03 Å². The highest BCUT2D eigenvalue weighted by Gasteiger charge is 2.07. The van der Waals surface area contributed by atoms with Crippen LogP contribution >= 0.6 is 0 Å². The Morgan fingerprint density at radius 2 is 2.00 bits per heavy atom. The Balaban J connectivity index is 2.81. The second-order valence-corrected chi connectivity index (χ2v) is 2.71. The summed E-state index contributed by atoms with van der Waals surface area (Å²) in [4.78, 5) is 12.5. The third kappa shape index (κ3) is 2.14. The number of carbonyl (C=O) groups excluding carboxylic acids is 1. The Hall–Kier alpha value is -1.75. The van der Waals surface area contributed by atoms with Crippen LogP contribution in [0.3, 0.4) is 0 Å². The van der Waals surface area contributed by atoms with E-state index in [-0.39, 0.29) is 6.03 Å². The number of hydrogen-bond donors (Lipinski definition) is 2. The van der Waals surface area contributed by atoms with Gasteiger partial charge in [-0.1, -0.05) is 0 Å². The van der Waals surface area contributed by atoms with Crippen molar-refractivity contribution in [2.45, 2.75) is 0 Å². The number of anilines is 1. The van der Waals surface area contributed by atoms with Crippen LogP contribution in [0.15, 0.2) is 24.3 Å². The molecule has 0 aliphatic heterocycles. The molecule has 0 radical (unpaired) electrons. The first kappa shape index (κ1) is 10.3. The average molecular weight is 195 g/mol. The summed E-state index contributed by atoms with van der Waals surface area (Å²) in [6, 6.07) is 6.73. The predicted octanol–water partition coefficient (Wildman–Crippen LogP) is 0.715. The molecule has 5 heteroatoms. The first-order chi connectivity index (χ1) is 6.69. The number of methoxy groups -OCH3 is 1. The Bertz CT molecular complexity index is 310. The smallest absolute Gasteiger partial charge is 0.335 e. The number of benzene rings is 1. The number of hydrogen-bond acceptors (Lipinski definition) is 3. The van der Waals surface area contributed by atoms with E-state index in [1.165, 1.54) is 4.90 Å². The quantitative estimate of drug-likeness (QED) is 0.415. The molecule has 0 aromatic heterocycles. The maximum atomic E-state index is 11.1. The van der Waals surface area contributed by atoms with Crippen molar-refractivity contribution >= 4 is 11.7 Å². The number of nitrogens with one attached hydrogen (secondary N) is 1. The van der Waals surface area contributed by atoms with Crippen LogP contribution in [0.5, 0.6) is 5.75 Å². The van der Waals surface area contributed by atoms with Crippen LogP contribution in [-0.4, -0.2) is 20.2 Å². The molecule has 2 amide bonds. The zero-order valence-corrected chi connectivity index (χ0v) is 8.15. The van der Waals surface area contributed by atoms with Crippen LogP contribution in [0.4, 0.5) is 10.5 Å². The molecule has 1 aromatic carbocycles. The maximum absolute atomic E-state index is 11.1. The van der Waals surface area contributed by atoms with Gasteiger partial charge in [0.25, 0.3) is 0 Å². The molecule has 0 saturated carbocycles. The van der Waals surface area contributed by atoms with Gasteiger partial charge in [0.05, 0.1) is 7.11 Å². The fourth-order valence-electron chi connectivity index (χ4n) is 1.02. The summed E-state index contributed by atoms with van der Waals surface area (Å²) < 4.78 is 4.99. The van der Waals surface area contributed by atoms with Crippen LogP contribution in [0.1, 0.15) is 0 Å². The van der Waals surface area contributed by atoms with Gasteiger partial charge in [0, 0.05) is 12.7 Å². The van der Waals surface area contributed by atoms with Crippen molar-refractivity contribution in [3.05, 3.63) is 24.3 Å². The summed E-state index contributed by atoms with van der Waals surface area (Å²) in [6.07, 6.45) is 0. The molecule has 0 bridgehead atoms. The topological polar surface area (TPSA) is 67.6 Å². The van der Waals surface area contributed by atoms with Crippen LogP contribution in [0.25, 0.3) is 0 Å². The third-order valence-corrected chi connectivity index (χ3v) is 1.89. The summed E-state index contributed by atoms with van der Waals surface area (Å²) >= 11 is 0. The molecule has 0 saturated heterocycles. The first-order valence-corrected chi connectivity index (χ1v) is 4.07. The molecule has 1 rings (SSSR count). The lowest BCUT2D eigenvalue weighted by Gasteiger charge is -2.16. The van der Waals surface area contributed by atoms with Gasteiger partial charge < -0.3 is 4.74 Å². The number of ether oxygens (including phenoxy) is 1. The molecule has 14 heavy (non-hydrogen) atoms. The number of nitrogens with two attached hydrogens (primary N) is 1. The number of hydrazine groups is 1. The van der Waals surface area contributed by atoms with Gasteiger partial charge in [-0.2, -0.15) is 0 Å². The molecule has 0 unspecified atom stereocenters. The Morgan fingerprint density at radius 1 is 1.43 bits per heavy atom. The molecule has 3 N–H and O–H groups in total. The lowest BCUT2D eigenvalue weighted by Crippen LogP contribution is -2.41. The van der Waals surface area contributed by atoms with E-state index in [0.717, 1.165) is 11.4 Å². The summed E-state index contributed by atoms with van der Waals surface area (Å²) in [5.41, 5.74) is 2.79. The zero-order valence-electron chi connectivity index (χ0n) is 8.15. The average Bonchev–Trinajstić information content (AvgIpc) is 2.27. The van der Waals surface area contributed by atoms with Gasteiger partial charge in [0.15, 0.2) is 0 Å². The standard InChI is InChI=1S/C9H13N3O2/c1-12(9(13)11-10)7-3-5-8(14-2)6-4-7/h3-6H,10H2,1-2H3,(H,11,13). The predicted molar refractivity (Wildman–Crippen MR) is 54.1 cm³/mol. The van der Waals surface area contributed by atoms with E-state index in [0.29, 0.717) is 0 Å². The molecule has 5 nitrogen and oxygen atoms in total. The van der Waals surface area contributed by atoms with Gasteiger partial charge in [0.1, 0.15) is 5.75 Å². The number of nitrogens with zero attached hydrogens (tertiary/aromatic N) is 1. The van der Waals surface area contributed by atoms with Crippen molar-refractivity contribution in [1.82, 2.24) is 5.43 Å². The highest BCUT2D eigenvalue weighted by Crippen LogP contribution is 2.17. The van der Waals surface area contributed by atoms with Crippen LogP contribution < -0.4 is 20.9 Å². The van der Waals surface area contributed by atoms with Crippen molar-refractivity contribution in [3.8, 4) is 5.75 Å². The normalized spacial score (nSPS) is 9.36. The van der Waals surface area contributed by atoms with E-state index in [1.807, 2.05) is 5.43 Å². The van der Waals surface area contributed by atoms with Gasteiger partial charge in [-0.25, -0.2) is 10.6 Å². The lowest BCUT2D eigenvalue weighted by molar-refractivity contribution is 0.247. The van der Waals surface area contributed by atoms with Gasteiger partial charge in [-0.15, -0.1) is 0 Å². The Morgan fingerprint density at radius 3 is 2.43 bits per heavy atom. The van der Waals surface area contributed by atoms with E-state index in [1.54, 1.807) is 38.4 Å². The van der Waals surface area contributed by atoms with E-state index >= 15 is 0 Å². The minimum atomic E-state index is -0.366. The fraction of sp³-hybridized carbons (Fsp3) is 0.222. The minimum Gasteiger partial charge on any atom is -0.497 e. The van der Waals surface area contributed by atoms with Crippen LogP contribution in [0.2, 0.25) is 0 Å². The van der Waals surface area contributed by atoms with Gasteiger partial charge in [0.2, 0.25) is 0 Å². The highest BCUT2D eigenvalue weighted by molar-refractivity contribution is 5.90. The molecular formula is C9H13N3O2. The SMILES string of the molecule is COc1ccc(N(C)C(=O)NN)cc1. The molecule has 1 aromatic rings. The van der Waals surface area contributed by atoms with E-state index in [4.69, 9.17) is 10.6 Å². The van der Waals surface area contributed by atoms with Crippen LogP contribution in [-0.2, 0) is 0 Å². The minimum absolute atomic E-state index is 0.366. The molecule has 76 valence electrons. The summed E-state index contributed by atoms with van der Waals surface area (Å²) in [5.74, 6) is 5.75. The Kier molecular flexibility index (Phi) is 3.30. The van der Waals surface area contributed by atoms with E-state index in [2.05, 4.69) is 0 Å². The second-order valence-electron chi connectivity index (χ2n) is 2.71. The van der Waals surface area contributed by atoms with E-state index in [9.17, 15) is 4.79 Å². The van der Waals surface area contributed by atoms with Crippen molar-refractivity contribution in [2.24, 2.45) is 5.84 Å². The highest BCUT2D eigenvalue weighted by atomic mass is 16.5. The fourth-order valence-corrected chi connectivity index (χ4v) is 1.02. The largest absolute Gasteiger partial charge is 0.497 e. The number of urea groups is 1. The monoisotopic (exact) mass is 195 g/mol. The molecule has 0 atom stereocenters. The second kappa shape index (κ2) is 4.48. The maximum Gasteiger partial charge on any atom is 0.335 e. The van der Waals surface area contributed by atoms with Crippen molar-refractivity contribution in [3.63, 3.8) is 0 Å². The molecule has 0 fully saturated rings. The summed E-state index contributed by atoms with van der Waals surface area (Å²) in [5, 5.41) is 0.